The van der Waals surface area contributed by atoms with E-state index in [9.17, 15) is 0 Å². The first-order chi connectivity index (χ1) is 16.6. The fraction of sp³-hybridized carbons (Fsp3) is 0.233. The number of nitrogens with one attached hydrogen (secondary N) is 1. The van der Waals surface area contributed by atoms with Crippen LogP contribution in [0.5, 0.6) is 0 Å². The molecule has 2 nitrogen and oxygen atoms in total. The molecular formula is C30H34BBrN2. The Morgan fingerprint density at radius 3 is 2.03 bits per heavy atom. The van der Waals surface area contributed by atoms with Crippen LogP contribution in [0.2, 0.25) is 6.32 Å². The highest BCUT2D eigenvalue weighted by Crippen LogP contribution is 2.32. The third-order valence-corrected chi connectivity index (χ3v) is 6.49. The number of hydrogen-bond acceptors (Lipinski definition) is 1. The number of benzene rings is 3. The lowest BCUT2D eigenvalue weighted by Crippen LogP contribution is -2.04. The van der Waals surface area contributed by atoms with E-state index in [1.54, 1.807) is 6.20 Å². The number of H-pyrrole nitrogens is 1. The van der Waals surface area contributed by atoms with Crippen molar-refractivity contribution in [1.29, 1.82) is 0 Å². The Hall–Kier alpha value is -2.85. The third-order valence-electron chi connectivity index (χ3n) is 5.96. The first-order valence-electron chi connectivity index (χ1n) is 12.1. The van der Waals surface area contributed by atoms with Crippen LogP contribution in [0.1, 0.15) is 52.4 Å². The summed E-state index contributed by atoms with van der Waals surface area (Å²) in [5.74, 6) is 1.46. The summed E-state index contributed by atoms with van der Waals surface area (Å²) in [6.07, 6.45) is 12.6. The summed E-state index contributed by atoms with van der Waals surface area (Å²) in [6.45, 7) is 4.44. The van der Waals surface area contributed by atoms with Gasteiger partial charge in [0.1, 0.15) is 13.7 Å². The van der Waals surface area contributed by atoms with Crippen LogP contribution in [0.15, 0.2) is 102 Å². The van der Waals surface area contributed by atoms with Gasteiger partial charge in [0.2, 0.25) is 0 Å². The Morgan fingerprint density at radius 2 is 1.50 bits per heavy atom. The molecule has 0 aliphatic heterocycles. The standard InChI is InChI=1S/C20H25B.C10H9BrN2/c1-16-10-5-7-12-18(16)20(14-4-3-9-15-21)19-13-8-6-11-17(19)2;11-9-3-1-8(2-4-9)7-10-12-5-6-13-10/h3-8,10-13,20H,9,14-15,21H2,1-2H3;1-6H,7H2,(H,12,13). The van der Waals surface area contributed by atoms with Crippen molar-refractivity contribution in [2.24, 2.45) is 0 Å². The smallest absolute Gasteiger partial charge is 0.110 e. The first kappa shape index (κ1) is 25.8. The highest BCUT2D eigenvalue weighted by molar-refractivity contribution is 9.10. The summed E-state index contributed by atoms with van der Waals surface area (Å²) >= 11 is 3.40. The molecule has 0 spiro atoms. The van der Waals surface area contributed by atoms with Crippen molar-refractivity contribution in [3.8, 4) is 0 Å². The van der Waals surface area contributed by atoms with Crippen molar-refractivity contribution >= 4 is 23.8 Å². The van der Waals surface area contributed by atoms with E-state index in [4.69, 9.17) is 0 Å². The van der Waals surface area contributed by atoms with Gasteiger partial charge >= 0.3 is 0 Å². The molecule has 0 radical (unpaired) electrons. The van der Waals surface area contributed by atoms with Gasteiger partial charge < -0.3 is 4.98 Å². The van der Waals surface area contributed by atoms with Crippen LogP contribution in [0.25, 0.3) is 0 Å². The van der Waals surface area contributed by atoms with Crippen molar-refractivity contribution in [2.75, 3.05) is 0 Å². The molecule has 0 saturated heterocycles. The van der Waals surface area contributed by atoms with Gasteiger partial charge in [-0.2, -0.15) is 0 Å². The van der Waals surface area contributed by atoms with Gasteiger partial charge in [0, 0.05) is 29.2 Å². The number of hydrogen-bond donors (Lipinski definition) is 1. The van der Waals surface area contributed by atoms with E-state index in [1.807, 2.05) is 18.3 Å². The van der Waals surface area contributed by atoms with Gasteiger partial charge in [-0.3, -0.25) is 0 Å². The summed E-state index contributed by atoms with van der Waals surface area (Å²) in [6, 6.07) is 25.8. The molecule has 0 atom stereocenters. The third kappa shape index (κ3) is 7.88. The number of halogens is 1. The van der Waals surface area contributed by atoms with E-state index in [2.05, 4.69) is 120 Å². The van der Waals surface area contributed by atoms with Crippen LogP contribution in [-0.4, -0.2) is 17.8 Å². The summed E-state index contributed by atoms with van der Waals surface area (Å²) in [4.78, 5) is 7.24. The molecule has 1 N–H and O–H groups in total. The lowest BCUT2D eigenvalue weighted by Gasteiger charge is -2.20. The number of rotatable bonds is 8. The molecule has 0 fully saturated rings. The zero-order chi connectivity index (χ0) is 24.2. The Balaban J connectivity index is 0.000000212. The zero-order valence-corrected chi connectivity index (χ0v) is 22.1. The molecule has 0 aliphatic rings. The van der Waals surface area contributed by atoms with Gasteiger partial charge in [-0.25, -0.2) is 4.98 Å². The van der Waals surface area contributed by atoms with E-state index >= 15 is 0 Å². The number of aromatic amines is 1. The van der Waals surface area contributed by atoms with E-state index in [1.165, 1.54) is 40.6 Å². The summed E-state index contributed by atoms with van der Waals surface area (Å²) in [5, 5.41) is 0. The molecule has 1 heterocycles. The number of allylic oxidation sites excluding steroid dienone is 2. The van der Waals surface area contributed by atoms with E-state index in [0.717, 1.165) is 23.1 Å². The molecule has 174 valence electrons. The average Bonchev–Trinajstić information content (AvgIpc) is 3.36. The minimum atomic E-state index is 0.459. The van der Waals surface area contributed by atoms with Crippen molar-refractivity contribution in [2.45, 2.75) is 45.3 Å². The van der Waals surface area contributed by atoms with Gasteiger partial charge in [-0.15, -0.1) is 0 Å². The zero-order valence-electron chi connectivity index (χ0n) is 20.5. The second-order valence-corrected chi connectivity index (χ2v) is 9.52. The maximum atomic E-state index is 4.17. The van der Waals surface area contributed by atoms with E-state index in [-0.39, 0.29) is 0 Å². The van der Waals surface area contributed by atoms with Crippen molar-refractivity contribution in [3.05, 3.63) is 135 Å². The molecule has 34 heavy (non-hydrogen) atoms. The van der Waals surface area contributed by atoms with Crippen LogP contribution in [0, 0.1) is 13.8 Å². The molecular weight excluding hydrogens is 479 g/mol. The lowest BCUT2D eigenvalue weighted by atomic mass is 9.84. The lowest BCUT2D eigenvalue weighted by molar-refractivity contribution is 0.811. The minimum Gasteiger partial charge on any atom is -0.348 e. The predicted molar refractivity (Wildman–Crippen MR) is 151 cm³/mol. The summed E-state index contributed by atoms with van der Waals surface area (Å²) in [5.41, 5.74) is 6.93. The van der Waals surface area contributed by atoms with Crippen LogP contribution in [0.4, 0.5) is 0 Å². The van der Waals surface area contributed by atoms with Gasteiger partial charge in [0.15, 0.2) is 0 Å². The molecule has 4 aromatic rings. The van der Waals surface area contributed by atoms with Gasteiger partial charge in [-0.1, -0.05) is 95.1 Å². The topological polar surface area (TPSA) is 28.7 Å². The van der Waals surface area contributed by atoms with E-state index in [0.29, 0.717) is 5.92 Å². The van der Waals surface area contributed by atoms with Crippen molar-refractivity contribution in [1.82, 2.24) is 9.97 Å². The van der Waals surface area contributed by atoms with Crippen LogP contribution in [-0.2, 0) is 6.42 Å². The Morgan fingerprint density at radius 1 is 0.882 bits per heavy atom. The number of aryl methyl sites for hydroxylation is 2. The number of aromatic nitrogens is 2. The monoisotopic (exact) mass is 512 g/mol. The highest BCUT2D eigenvalue weighted by Gasteiger charge is 2.16. The maximum Gasteiger partial charge on any atom is 0.110 e. The molecule has 0 unspecified atom stereocenters. The molecule has 0 saturated carbocycles. The van der Waals surface area contributed by atoms with Gasteiger partial charge in [-0.05, 0) is 66.6 Å². The van der Waals surface area contributed by atoms with Gasteiger partial charge in [0.05, 0.1) is 0 Å². The fourth-order valence-electron chi connectivity index (χ4n) is 4.08. The van der Waals surface area contributed by atoms with E-state index < -0.39 is 0 Å². The first-order valence-corrected chi connectivity index (χ1v) is 12.9. The van der Waals surface area contributed by atoms with Crippen molar-refractivity contribution in [3.63, 3.8) is 0 Å². The maximum absolute atomic E-state index is 4.17. The van der Waals surface area contributed by atoms with Crippen LogP contribution < -0.4 is 0 Å². The molecule has 0 amide bonds. The SMILES string of the molecule is BCCC=CCC(c1ccccc1C)c1ccccc1C.Brc1ccc(Cc2ncc[nH]2)cc1. The normalized spacial score (nSPS) is 10.9. The Kier molecular flexibility index (Phi) is 10.4. The van der Waals surface area contributed by atoms with Crippen LogP contribution >= 0.6 is 15.9 Å². The molecule has 4 rings (SSSR count). The second kappa shape index (κ2) is 13.8. The Bertz CT molecular complexity index is 1110. The molecule has 4 heteroatoms. The molecule has 0 bridgehead atoms. The summed E-state index contributed by atoms with van der Waals surface area (Å²) < 4.78 is 1.11. The number of nitrogens with zero attached hydrogens (tertiary/aromatic N) is 1. The largest absolute Gasteiger partial charge is 0.348 e. The minimum absolute atomic E-state index is 0.459. The molecule has 3 aromatic carbocycles. The molecule has 1 aromatic heterocycles. The quantitative estimate of drug-likeness (QED) is 0.191. The van der Waals surface area contributed by atoms with Gasteiger partial charge in [0.25, 0.3) is 0 Å². The molecule has 0 aliphatic carbocycles. The predicted octanol–water partition coefficient (Wildman–Crippen LogP) is 7.59. The summed E-state index contributed by atoms with van der Waals surface area (Å²) in [7, 11) is 2.23. The fourth-order valence-corrected chi connectivity index (χ4v) is 4.35. The highest BCUT2D eigenvalue weighted by atomic mass is 79.9. The Labute approximate surface area is 214 Å². The average molecular weight is 513 g/mol. The second-order valence-electron chi connectivity index (χ2n) is 8.60. The number of imidazole rings is 1. The van der Waals surface area contributed by atoms with Crippen molar-refractivity contribution < 1.29 is 0 Å². The van der Waals surface area contributed by atoms with Crippen LogP contribution in [0.3, 0.4) is 0 Å².